The van der Waals surface area contributed by atoms with Gasteiger partial charge in [0.25, 0.3) is 0 Å². The first-order chi connectivity index (χ1) is 7.31. The van der Waals surface area contributed by atoms with Gasteiger partial charge < -0.3 is 0 Å². The lowest BCUT2D eigenvalue weighted by molar-refractivity contribution is 0.271. The van der Waals surface area contributed by atoms with E-state index in [1.54, 1.807) is 0 Å². The maximum atomic E-state index is 6.13. The second kappa shape index (κ2) is 5.20. The van der Waals surface area contributed by atoms with Crippen molar-refractivity contribution in [2.24, 2.45) is 0 Å². The number of hydrogen-bond donors (Lipinski definition) is 0. The first-order valence-corrected chi connectivity index (χ1v) is 6.26. The smallest absolute Gasteiger partial charge is 0.0451 e. The van der Waals surface area contributed by atoms with E-state index in [0.29, 0.717) is 5.88 Å². The number of halogens is 2. The molecule has 0 N–H and O–H groups in total. The van der Waals surface area contributed by atoms with Crippen LogP contribution in [0.5, 0.6) is 0 Å². The minimum absolute atomic E-state index is 0.695. The standard InChI is InChI=1S/C12H15Cl2N/c13-7-8-15(11-5-6-11)9-10-3-1-2-4-12(10)14/h1-4,11H,5-9H2. The van der Waals surface area contributed by atoms with Crippen molar-refractivity contribution in [3.8, 4) is 0 Å². The average molecular weight is 244 g/mol. The SMILES string of the molecule is ClCCN(Cc1ccccc1Cl)C1CC1. The fraction of sp³-hybridized carbons (Fsp3) is 0.500. The zero-order chi connectivity index (χ0) is 10.7. The molecule has 0 bridgehead atoms. The van der Waals surface area contributed by atoms with Gasteiger partial charge in [0.15, 0.2) is 0 Å². The molecule has 0 spiro atoms. The lowest BCUT2D eigenvalue weighted by Gasteiger charge is -2.21. The fourth-order valence-corrected chi connectivity index (χ4v) is 2.20. The van der Waals surface area contributed by atoms with Gasteiger partial charge in [-0.3, -0.25) is 4.90 Å². The molecule has 1 aromatic rings. The molecule has 0 saturated heterocycles. The minimum atomic E-state index is 0.695. The van der Waals surface area contributed by atoms with Crippen molar-refractivity contribution in [2.75, 3.05) is 12.4 Å². The first kappa shape index (κ1) is 11.3. The van der Waals surface area contributed by atoms with E-state index in [2.05, 4.69) is 11.0 Å². The molecule has 15 heavy (non-hydrogen) atoms. The molecule has 1 aliphatic carbocycles. The van der Waals surface area contributed by atoms with Crippen LogP contribution < -0.4 is 0 Å². The number of alkyl halides is 1. The molecule has 0 amide bonds. The van der Waals surface area contributed by atoms with E-state index >= 15 is 0 Å². The highest BCUT2D eigenvalue weighted by Gasteiger charge is 2.28. The monoisotopic (exact) mass is 243 g/mol. The molecule has 0 aliphatic heterocycles. The summed E-state index contributed by atoms with van der Waals surface area (Å²) in [5.74, 6) is 0.695. The zero-order valence-electron chi connectivity index (χ0n) is 8.63. The highest BCUT2D eigenvalue weighted by Crippen LogP contribution is 2.29. The van der Waals surface area contributed by atoms with Gasteiger partial charge in [0.05, 0.1) is 0 Å². The molecule has 0 aromatic heterocycles. The van der Waals surface area contributed by atoms with Crippen LogP contribution in [0.15, 0.2) is 24.3 Å². The Labute approximate surface area is 101 Å². The van der Waals surface area contributed by atoms with E-state index in [1.165, 1.54) is 18.4 Å². The average Bonchev–Trinajstić information content (AvgIpc) is 3.04. The van der Waals surface area contributed by atoms with E-state index in [1.807, 2.05) is 18.2 Å². The number of rotatable bonds is 5. The van der Waals surface area contributed by atoms with E-state index < -0.39 is 0 Å². The Hall–Kier alpha value is -0.240. The summed E-state index contributed by atoms with van der Waals surface area (Å²) in [6.45, 7) is 1.88. The molecule has 1 aliphatic rings. The topological polar surface area (TPSA) is 3.24 Å². The lowest BCUT2D eigenvalue weighted by Crippen LogP contribution is -2.27. The van der Waals surface area contributed by atoms with E-state index in [9.17, 15) is 0 Å². The maximum absolute atomic E-state index is 6.13. The molecule has 2 rings (SSSR count). The molecule has 1 fully saturated rings. The largest absolute Gasteiger partial charge is 0.295 e. The summed E-state index contributed by atoms with van der Waals surface area (Å²) in [5.41, 5.74) is 1.20. The third-order valence-electron chi connectivity index (χ3n) is 2.77. The van der Waals surface area contributed by atoms with E-state index in [-0.39, 0.29) is 0 Å². The molecule has 1 aromatic carbocycles. The van der Waals surface area contributed by atoms with Crippen LogP contribution in [0.3, 0.4) is 0 Å². The van der Waals surface area contributed by atoms with Crippen molar-refractivity contribution in [3.05, 3.63) is 34.9 Å². The van der Waals surface area contributed by atoms with Gasteiger partial charge in [0.2, 0.25) is 0 Å². The van der Waals surface area contributed by atoms with Gasteiger partial charge in [0.1, 0.15) is 0 Å². The number of benzene rings is 1. The molecule has 0 atom stereocenters. The van der Waals surface area contributed by atoms with Gasteiger partial charge in [-0.05, 0) is 24.5 Å². The van der Waals surface area contributed by atoms with Crippen LogP contribution in [-0.4, -0.2) is 23.4 Å². The molecule has 1 saturated carbocycles. The third kappa shape index (κ3) is 3.10. The summed E-state index contributed by atoms with van der Waals surface area (Å²) in [5, 5.41) is 0.859. The molecular weight excluding hydrogens is 229 g/mol. The van der Waals surface area contributed by atoms with E-state index in [4.69, 9.17) is 23.2 Å². The molecule has 82 valence electrons. The molecule has 1 nitrogen and oxygen atoms in total. The quantitative estimate of drug-likeness (QED) is 0.716. The van der Waals surface area contributed by atoms with Crippen LogP contribution in [0.1, 0.15) is 18.4 Å². The summed E-state index contributed by atoms with van der Waals surface area (Å²) >= 11 is 11.9. The lowest BCUT2D eigenvalue weighted by atomic mass is 10.2. The zero-order valence-corrected chi connectivity index (χ0v) is 10.1. The maximum Gasteiger partial charge on any atom is 0.0451 e. The van der Waals surface area contributed by atoms with Crippen molar-refractivity contribution in [2.45, 2.75) is 25.4 Å². The van der Waals surface area contributed by atoms with Gasteiger partial charge in [-0.15, -0.1) is 11.6 Å². The summed E-state index contributed by atoms with van der Waals surface area (Å²) in [4.78, 5) is 2.42. The number of nitrogens with zero attached hydrogens (tertiary/aromatic N) is 1. The van der Waals surface area contributed by atoms with Gasteiger partial charge >= 0.3 is 0 Å². The Kier molecular flexibility index (Phi) is 3.90. The molecule has 3 heteroatoms. The highest BCUT2D eigenvalue weighted by molar-refractivity contribution is 6.31. The van der Waals surface area contributed by atoms with Crippen molar-refractivity contribution in [3.63, 3.8) is 0 Å². The molecule has 0 heterocycles. The Balaban J connectivity index is 2.02. The minimum Gasteiger partial charge on any atom is -0.295 e. The van der Waals surface area contributed by atoms with Crippen LogP contribution in [0.4, 0.5) is 0 Å². The van der Waals surface area contributed by atoms with Crippen molar-refractivity contribution in [1.29, 1.82) is 0 Å². The number of hydrogen-bond acceptors (Lipinski definition) is 1. The summed E-state index contributed by atoms with van der Waals surface area (Å²) < 4.78 is 0. The van der Waals surface area contributed by atoms with E-state index in [0.717, 1.165) is 24.2 Å². The normalized spacial score (nSPS) is 15.9. The van der Waals surface area contributed by atoms with Gasteiger partial charge in [-0.25, -0.2) is 0 Å². The predicted octanol–water partition coefficient (Wildman–Crippen LogP) is 3.54. The summed E-state index contributed by atoms with van der Waals surface area (Å²) in [6.07, 6.45) is 2.61. The molecule has 0 radical (unpaired) electrons. The third-order valence-corrected chi connectivity index (χ3v) is 3.30. The fourth-order valence-electron chi connectivity index (χ4n) is 1.78. The predicted molar refractivity (Wildman–Crippen MR) is 65.6 cm³/mol. The second-order valence-corrected chi connectivity index (χ2v) is 4.77. The van der Waals surface area contributed by atoms with Gasteiger partial charge in [-0.2, -0.15) is 0 Å². The van der Waals surface area contributed by atoms with Crippen LogP contribution in [-0.2, 0) is 6.54 Å². The highest BCUT2D eigenvalue weighted by atomic mass is 35.5. The molecule has 0 unspecified atom stereocenters. The summed E-state index contributed by atoms with van der Waals surface area (Å²) in [7, 11) is 0. The Morgan fingerprint density at radius 3 is 2.60 bits per heavy atom. The van der Waals surface area contributed by atoms with Crippen molar-refractivity contribution < 1.29 is 0 Å². The second-order valence-electron chi connectivity index (χ2n) is 3.98. The van der Waals surface area contributed by atoms with Crippen LogP contribution in [0, 0.1) is 0 Å². The Bertz CT molecular complexity index is 323. The van der Waals surface area contributed by atoms with Crippen LogP contribution in [0.2, 0.25) is 5.02 Å². The Morgan fingerprint density at radius 2 is 2.00 bits per heavy atom. The molecular formula is C12H15Cl2N. The van der Waals surface area contributed by atoms with Gasteiger partial charge in [-0.1, -0.05) is 29.8 Å². The van der Waals surface area contributed by atoms with Gasteiger partial charge in [0, 0.05) is 30.0 Å². The van der Waals surface area contributed by atoms with Crippen molar-refractivity contribution >= 4 is 23.2 Å². The Morgan fingerprint density at radius 1 is 1.27 bits per heavy atom. The van der Waals surface area contributed by atoms with Crippen molar-refractivity contribution in [1.82, 2.24) is 4.90 Å². The first-order valence-electron chi connectivity index (χ1n) is 5.34. The van der Waals surface area contributed by atoms with Crippen LogP contribution >= 0.6 is 23.2 Å². The van der Waals surface area contributed by atoms with Crippen LogP contribution in [0.25, 0.3) is 0 Å². The summed E-state index contributed by atoms with van der Waals surface area (Å²) in [6, 6.07) is 8.77.